The highest BCUT2D eigenvalue weighted by atomic mass is 16.3. The third-order valence-electron chi connectivity index (χ3n) is 8.43. The largest absolute Gasteiger partial charge is 0.393 e. The Morgan fingerprint density at radius 3 is 2.52 bits per heavy atom. The van der Waals surface area contributed by atoms with E-state index in [0.29, 0.717) is 17.1 Å². The van der Waals surface area contributed by atoms with Crippen LogP contribution in [0.5, 0.6) is 0 Å². The minimum absolute atomic E-state index is 0.0677. The normalized spacial score (nSPS) is 56.5. The van der Waals surface area contributed by atoms with Gasteiger partial charge in [0.1, 0.15) is 5.78 Å². The molecule has 4 rings (SSSR count). The Kier molecular flexibility index (Phi) is 3.10. The molecule has 0 aromatic rings. The summed E-state index contributed by atoms with van der Waals surface area (Å²) in [5.74, 6) is 3.52. The highest BCUT2D eigenvalue weighted by Crippen LogP contribution is 2.65. The summed E-state index contributed by atoms with van der Waals surface area (Å²) in [7, 11) is 0. The Labute approximate surface area is 128 Å². The van der Waals surface area contributed by atoms with Crippen molar-refractivity contribution in [3.8, 4) is 0 Å². The smallest absolute Gasteiger partial charge is 0.133 e. The SMILES string of the molecule is CC12CCC(=O)C[C@@H]1CC[C@@H]1[C@@H]2CCC2(C)[C@@H](O)CC[C@@H]12. The van der Waals surface area contributed by atoms with Gasteiger partial charge in [0, 0.05) is 12.8 Å². The fourth-order valence-corrected chi connectivity index (χ4v) is 7.02. The maximum Gasteiger partial charge on any atom is 0.133 e. The molecule has 2 nitrogen and oxygen atoms in total. The molecule has 0 aromatic carbocycles. The number of ketones is 1. The number of rotatable bonds is 0. The fraction of sp³-hybridized carbons (Fsp3) is 0.947. The molecule has 2 heteroatoms. The van der Waals surface area contributed by atoms with Gasteiger partial charge < -0.3 is 5.11 Å². The average Bonchev–Trinajstić information content (AvgIpc) is 2.76. The predicted molar refractivity (Wildman–Crippen MR) is 82.7 cm³/mol. The first-order valence-electron chi connectivity index (χ1n) is 9.15. The zero-order valence-corrected chi connectivity index (χ0v) is 13.6. The zero-order chi connectivity index (χ0) is 14.8. The van der Waals surface area contributed by atoms with Crippen LogP contribution in [0.4, 0.5) is 0 Å². The molecule has 21 heavy (non-hydrogen) atoms. The van der Waals surface area contributed by atoms with Crippen LogP contribution >= 0.6 is 0 Å². The molecule has 0 amide bonds. The zero-order valence-electron chi connectivity index (χ0n) is 13.6. The lowest BCUT2D eigenvalue weighted by molar-refractivity contribution is -0.141. The van der Waals surface area contributed by atoms with E-state index in [4.69, 9.17) is 0 Å². The molecule has 1 N–H and O–H groups in total. The molecular formula is C19H30O2. The summed E-state index contributed by atoms with van der Waals surface area (Å²) < 4.78 is 0. The molecule has 0 bridgehead atoms. The predicted octanol–water partition coefficient (Wildman–Crippen LogP) is 3.96. The van der Waals surface area contributed by atoms with Crippen molar-refractivity contribution in [1.29, 1.82) is 0 Å². The van der Waals surface area contributed by atoms with Gasteiger partial charge in [-0.2, -0.15) is 0 Å². The topological polar surface area (TPSA) is 37.3 Å². The van der Waals surface area contributed by atoms with Crippen molar-refractivity contribution in [2.75, 3.05) is 0 Å². The number of fused-ring (bicyclic) bond motifs is 5. The van der Waals surface area contributed by atoms with E-state index in [1.54, 1.807) is 0 Å². The van der Waals surface area contributed by atoms with Crippen molar-refractivity contribution in [3.05, 3.63) is 0 Å². The van der Waals surface area contributed by atoms with Gasteiger partial charge in [0.15, 0.2) is 0 Å². The van der Waals surface area contributed by atoms with E-state index >= 15 is 0 Å². The highest BCUT2D eigenvalue weighted by Gasteiger charge is 2.59. The summed E-state index contributed by atoms with van der Waals surface area (Å²) in [5, 5.41) is 10.5. The Balaban J connectivity index is 1.64. The summed E-state index contributed by atoms with van der Waals surface area (Å²) in [6.07, 6.45) is 10.0. The van der Waals surface area contributed by atoms with Gasteiger partial charge in [-0.15, -0.1) is 0 Å². The van der Waals surface area contributed by atoms with E-state index in [1.807, 2.05) is 0 Å². The first kappa shape index (κ1) is 14.2. The maximum atomic E-state index is 11.9. The Morgan fingerprint density at radius 2 is 1.71 bits per heavy atom. The Morgan fingerprint density at radius 1 is 0.952 bits per heavy atom. The first-order valence-corrected chi connectivity index (χ1v) is 9.15. The molecule has 0 spiro atoms. The van der Waals surface area contributed by atoms with E-state index in [-0.39, 0.29) is 11.5 Å². The summed E-state index contributed by atoms with van der Waals surface area (Å²) in [5.41, 5.74) is 0.598. The summed E-state index contributed by atoms with van der Waals surface area (Å²) in [6.45, 7) is 4.85. The molecule has 4 saturated carbocycles. The van der Waals surface area contributed by atoms with Crippen molar-refractivity contribution in [1.82, 2.24) is 0 Å². The van der Waals surface area contributed by atoms with Gasteiger partial charge in [0.2, 0.25) is 0 Å². The Hall–Kier alpha value is -0.370. The number of aliphatic hydroxyl groups excluding tert-OH is 1. The summed E-state index contributed by atoms with van der Waals surface area (Å²) >= 11 is 0. The molecular weight excluding hydrogens is 260 g/mol. The van der Waals surface area contributed by atoms with Gasteiger partial charge in [-0.3, -0.25) is 4.79 Å². The molecule has 0 aromatic heterocycles. The molecule has 4 aliphatic carbocycles. The molecule has 4 aliphatic rings. The second-order valence-electron chi connectivity index (χ2n) is 9.04. The standard InChI is InChI=1S/C19H30O2/c1-18-9-7-13(20)11-12(18)3-4-14-15-5-6-17(21)19(15,2)10-8-16(14)18/h12,14-17,21H,3-11H2,1-2H3/t12-,14-,15-,16-,17-,18?,19?/m0/s1. The van der Waals surface area contributed by atoms with Gasteiger partial charge in [-0.1, -0.05) is 13.8 Å². The van der Waals surface area contributed by atoms with E-state index in [0.717, 1.165) is 43.4 Å². The van der Waals surface area contributed by atoms with Gasteiger partial charge in [-0.05, 0) is 79.4 Å². The highest BCUT2D eigenvalue weighted by molar-refractivity contribution is 5.79. The van der Waals surface area contributed by atoms with Crippen molar-refractivity contribution in [2.24, 2.45) is 34.5 Å². The fourth-order valence-electron chi connectivity index (χ4n) is 7.02. The van der Waals surface area contributed by atoms with Crippen LogP contribution in [0.25, 0.3) is 0 Å². The third kappa shape index (κ3) is 1.84. The van der Waals surface area contributed by atoms with Crippen LogP contribution in [0, 0.1) is 34.5 Å². The number of hydrogen-bond acceptors (Lipinski definition) is 2. The molecule has 0 aliphatic heterocycles. The lowest BCUT2D eigenvalue weighted by Crippen LogP contribution is -2.54. The lowest BCUT2D eigenvalue weighted by Gasteiger charge is -2.60. The molecule has 118 valence electrons. The number of carbonyl (C=O) groups excluding carboxylic acids is 1. The molecule has 0 heterocycles. The maximum absolute atomic E-state index is 11.9. The lowest BCUT2D eigenvalue weighted by atomic mass is 9.45. The van der Waals surface area contributed by atoms with Crippen molar-refractivity contribution >= 4 is 5.78 Å². The molecule has 0 radical (unpaired) electrons. The average molecular weight is 290 g/mol. The van der Waals surface area contributed by atoms with Crippen LogP contribution in [0.15, 0.2) is 0 Å². The van der Waals surface area contributed by atoms with Gasteiger partial charge in [-0.25, -0.2) is 0 Å². The third-order valence-corrected chi connectivity index (χ3v) is 8.43. The molecule has 4 fully saturated rings. The first-order chi connectivity index (χ1) is 9.95. The van der Waals surface area contributed by atoms with E-state index in [1.165, 1.54) is 32.1 Å². The van der Waals surface area contributed by atoms with Crippen LogP contribution in [0.3, 0.4) is 0 Å². The van der Waals surface area contributed by atoms with Crippen LogP contribution in [0.2, 0.25) is 0 Å². The van der Waals surface area contributed by atoms with E-state index in [9.17, 15) is 9.90 Å². The van der Waals surface area contributed by atoms with Crippen LogP contribution < -0.4 is 0 Å². The van der Waals surface area contributed by atoms with E-state index in [2.05, 4.69) is 13.8 Å². The summed E-state index contributed by atoms with van der Waals surface area (Å²) in [6, 6.07) is 0. The van der Waals surface area contributed by atoms with Crippen molar-refractivity contribution < 1.29 is 9.90 Å². The molecule has 2 unspecified atom stereocenters. The number of carbonyl (C=O) groups is 1. The Bertz CT molecular complexity index is 458. The number of aliphatic hydroxyl groups is 1. The molecule has 7 atom stereocenters. The minimum Gasteiger partial charge on any atom is -0.393 e. The van der Waals surface area contributed by atoms with Crippen LogP contribution in [-0.4, -0.2) is 17.0 Å². The second-order valence-corrected chi connectivity index (χ2v) is 9.04. The quantitative estimate of drug-likeness (QED) is 0.733. The van der Waals surface area contributed by atoms with Gasteiger partial charge >= 0.3 is 0 Å². The second kappa shape index (κ2) is 4.57. The minimum atomic E-state index is -0.0677. The molecule has 0 saturated heterocycles. The van der Waals surface area contributed by atoms with Crippen LogP contribution in [0.1, 0.15) is 71.6 Å². The van der Waals surface area contributed by atoms with Crippen molar-refractivity contribution in [2.45, 2.75) is 77.7 Å². The number of Topliss-reactive ketones (excluding diaryl/α,β-unsaturated/α-hetero) is 1. The van der Waals surface area contributed by atoms with Crippen molar-refractivity contribution in [3.63, 3.8) is 0 Å². The van der Waals surface area contributed by atoms with Gasteiger partial charge in [0.05, 0.1) is 6.10 Å². The van der Waals surface area contributed by atoms with Crippen LogP contribution in [-0.2, 0) is 4.79 Å². The van der Waals surface area contributed by atoms with E-state index < -0.39 is 0 Å². The monoisotopic (exact) mass is 290 g/mol. The van der Waals surface area contributed by atoms with Gasteiger partial charge in [0.25, 0.3) is 0 Å². The summed E-state index contributed by atoms with van der Waals surface area (Å²) in [4.78, 5) is 11.9. The number of hydrogen-bond donors (Lipinski definition) is 1.